The summed E-state index contributed by atoms with van der Waals surface area (Å²) in [7, 11) is 1.39. The molecule has 0 spiro atoms. The van der Waals surface area contributed by atoms with Crippen molar-refractivity contribution in [2.24, 2.45) is 5.92 Å². The van der Waals surface area contributed by atoms with E-state index in [2.05, 4.69) is 4.74 Å². The molecule has 0 radical (unpaired) electrons. The smallest absolute Gasteiger partial charge is 0.305 e. The Hall–Kier alpha value is -1.10. The number of hydrogen-bond acceptors (Lipinski definition) is 4. The fourth-order valence-electron chi connectivity index (χ4n) is 3.89. The van der Waals surface area contributed by atoms with Crippen molar-refractivity contribution in [2.75, 3.05) is 26.8 Å². The molecule has 1 unspecified atom stereocenters. The minimum atomic E-state index is -0.212. The second-order valence-electron chi connectivity index (χ2n) is 6.63. The Labute approximate surface area is 133 Å². The Morgan fingerprint density at radius 1 is 1.00 bits per heavy atom. The van der Waals surface area contributed by atoms with Crippen LogP contribution in [0.15, 0.2) is 0 Å². The SMILES string of the molecule is COC(=O)CCCCC(=O)OC[C@@H]1CCC[NH+]2CCCC[C@H]12. The number of hydrogen-bond donors (Lipinski definition) is 1. The molecule has 2 aliphatic heterocycles. The topological polar surface area (TPSA) is 57.0 Å². The van der Waals surface area contributed by atoms with E-state index in [9.17, 15) is 9.59 Å². The normalized spacial score (nSPS) is 27.8. The first-order valence-electron chi connectivity index (χ1n) is 8.77. The van der Waals surface area contributed by atoms with Crippen molar-refractivity contribution in [1.82, 2.24) is 0 Å². The fourth-order valence-corrected chi connectivity index (χ4v) is 3.89. The van der Waals surface area contributed by atoms with E-state index in [4.69, 9.17) is 4.74 Å². The van der Waals surface area contributed by atoms with Crippen molar-refractivity contribution in [2.45, 2.75) is 63.8 Å². The molecule has 126 valence electrons. The minimum Gasteiger partial charge on any atom is -0.469 e. The van der Waals surface area contributed by atoms with Crippen molar-refractivity contribution in [3.8, 4) is 0 Å². The van der Waals surface area contributed by atoms with Crippen LogP contribution in [0.4, 0.5) is 0 Å². The molecule has 2 saturated heterocycles. The predicted octanol–water partition coefficient (Wildman–Crippen LogP) is 1.11. The highest BCUT2D eigenvalue weighted by Gasteiger charge is 2.37. The largest absolute Gasteiger partial charge is 0.469 e. The van der Waals surface area contributed by atoms with Crippen molar-refractivity contribution in [3.05, 3.63) is 0 Å². The van der Waals surface area contributed by atoms with Gasteiger partial charge in [0.1, 0.15) is 0 Å². The molecule has 2 heterocycles. The van der Waals surface area contributed by atoms with Crippen LogP contribution in [0.2, 0.25) is 0 Å². The van der Waals surface area contributed by atoms with Gasteiger partial charge >= 0.3 is 11.9 Å². The van der Waals surface area contributed by atoms with Crippen molar-refractivity contribution >= 4 is 11.9 Å². The molecular weight excluding hydrogens is 282 g/mol. The van der Waals surface area contributed by atoms with Crippen LogP contribution in [-0.4, -0.2) is 44.8 Å². The summed E-state index contributed by atoms with van der Waals surface area (Å²) >= 11 is 0. The van der Waals surface area contributed by atoms with Crippen molar-refractivity contribution in [1.29, 1.82) is 0 Å². The second-order valence-corrected chi connectivity index (χ2v) is 6.63. The van der Waals surface area contributed by atoms with Crippen LogP contribution in [0.3, 0.4) is 0 Å². The molecule has 22 heavy (non-hydrogen) atoms. The third kappa shape index (κ3) is 5.27. The summed E-state index contributed by atoms with van der Waals surface area (Å²) in [6.07, 6.45) is 8.58. The van der Waals surface area contributed by atoms with Gasteiger partial charge in [0.05, 0.1) is 32.8 Å². The maximum absolute atomic E-state index is 11.8. The van der Waals surface area contributed by atoms with Crippen molar-refractivity contribution < 1.29 is 24.0 Å². The summed E-state index contributed by atoms with van der Waals surface area (Å²) < 4.78 is 10.1. The van der Waals surface area contributed by atoms with Gasteiger partial charge in [0.2, 0.25) is 0 Å². The first-order valence-corrected chi connectivity index (χ1v) is 8.77. The molecule has 2 rings (SSSR count). The number of ether oxygens (including phenoxy) is 2. The quantitative estimate of drug-likeness (QED) is 0.565. The third-order valence-corrected chi connectivity index (χ3v) is 5.13. The first-order chi connectivity index (χ1) is 10.7. The standard InChI is InChI=1S/C17H29NO4/c1-21-16(19)9-2-3-10-17(20)22-13-14-7-6-12-18-11-5-4-8-15(14)18/h14-15H,2-13H2,1H3/p+1/t14-,15+/m0/s1. The second kappa shape index (κ2) is 9.13. The maximum Gasteiger partial charge on any atom is 0.305 e. The van der Waals surface area contributed by atoms with Crippen LogP contribution >= 0.6 is 0 Å². The maximum atomic E-state index is 11.8. The van der Waals surface area contributed by atoms with E-state index in [1.54, 1.807) is 4.90 Å². The molecule has 5 heteroatoms. The highest BCUT2D eigenvalue weighted by atomic mass is 16.5. The lowest BCUT2D eigenvalue weighted by atomic mass is 9.84. The Bertz CT molecular complexity index is 370. The monoisotopic (exact) mass is 312 g/mol. The highest BCUT2D eigenvalue weighted by molar-refractivity contribution is 5.70. The van der Waals surface area contributed by atoms with Gasteiger partial charge in [-0.1, -0.05) is 0 Å². The lowest BCUT2D eigenvalue weighted by Gasteiger charge is -2.41. The van der Waals surface area contributed by atoms with Gasteiger partial charge in [0, 0.05) is 18.8 Å². The number of esters is 2. The zero-order chi connectivity index (χ0) is 15.8. The number of methoxy groups -OCH3 is 1. The molecule has 0 aromatic heterocycles. The average Bonchev–Trinajstić information content (AvgIpc) is 2.56. The predicted molar refractivity (Wildman–Crippen MR) is 82.5 cm³/mol. The molecule has 0 bridgehead atoms. The number of unbranched alkanes of at least 4 members (excludes halogenated alkanes) is 1. The van der Waals surface area contributed by atoms with Crippen LogP contribution in [-0.2, 0) is 19.1 Å². The summed E-state index contributed by atoms with van der Waals surface area (Å²) in [5.74, 6) is 0.215. The van der Waals surface area contributed by atoms with Crippen molar-refractivity contribution in [3.63, 3.8) is 0 Å². The van der Waals surface area contributed by atoms with Crippen LogP contribution in [0, 0.1) is 5.92 Å². The number of quaternary nitrogens is 1. The molecule has 2 aliphatic rings. The first kappa shape index (κ1) is 17.3. The van der Waals surface area contributed by atoms with Crippen LogP contribution in [0.1, 0.15) is 57.8 Å². The number of carbonyl (C=O) groups excluding carboxylic acids is 2. The van der Waals surface area contributed by atoms with Gasteiger partial charge in [-0.25, -0.2) is 0 Å². The van der Waals surface area contributed by atoms with Gasteiger partial charge in [-0.15, -0.1) is 0 Å². The minimum absolute atomic E-state index is 0.118. The summed E-state index contributed by atoms with van der Waals surface area (Å²) in [5.41, 5.74) is 0. The molecule has 5 nitrogen and oxygen atoms in total. The zero-order valence-corrected chi connectivity index (χ0v) is 13.8. The molecule has 0 amide bonds. The molecule has 1 N–H and O–H groups in total. The zero-order valence-electron chi connectivity index (χ0n) is 13.8. The Morgan fingerprint density at radius 2 is 1.73 bits per heavy atom. The molecule has 3 atom stereocenters. The van der Waals surface area contributed by atoms with E-state index < -0.39 is 0 Å². The van der Waals surface area contributed by atoms with E-state index in [0.29, 0.717) is 44.2 Å². The van der Waals surface area contributed by atoms with Gasteiger partial charge < -0.3 is 14.4 Å². The van der Waals surface area contributed by atoms with Gasteiger partial charge in [-0.05, 0) is 44.9 Å². The summed E-state index contributed by atoms with van der Waals surface area (Å²) in [5, 5.41) is 0. The van der Waals surface area contributed by atoms with E-state index in [0.717, 1.165) is 0 Å². The third-order valence-electron chi connectivity index (χ3n) is 5.13. The molecule has 0 aromatic carbocycles. The fraction of sp³-hybridized carbons (Fsp3) is 0.882. The van der Waals surface area contributed by atoms with E-state index >= 15 is 0 Å². The van der Waals surface area contributed by atoms with Gasteiger partial charge in [-0.2, -0.15) is 0 Å². The number of rotatable bonds is 7. The van der Waals surface area contributed by atoms with E-state index in [1.807, 2.05) is 0 Å². The van der Waals surface area contributed by atoms with Crippen LogP contribution < -0.4 is 4.90 Å². The van der Waals surface area contributed by atoms with E-state index in [-0.39, 0.29) is 11.9 Å². The Morgan fingerprint density at radius 3 is 2.50 bits per heavy atom. The summed E-state index contributed by atoms with van der Waals surface area (Å²) in [6.45, 7) is 3.18. The summed E-state index contributed by atoms with van der Waals surface area (Å²) in [4.78, 5) is 24.5. The lowest BCUT2D eigenvalue weighted by Crippen LogP contribution is -3.18. The lowest BCUT2D eigenvalue weighted by molar-refractivity contribution is -0.940. The number of carbonyl (C=O) groups is 2. The number of nitrogens with one attached hydrogen (secondary N) is 1. The van der Waals surface area contributed by atoms with E-state index in [1.165, 1.54) is 52.3 Å². The number of piperidine rings is 2. The molecule has 0 aliphatic carbocycles. The molecule has 0 saturated carbocycles. The van der Waals surface area contributed by atoms with Gasteiger partial charge in [-0.3, -0.25) is 9.59 Å². The van der Waals surface area contributed by atoms with Crippen LogP contribution in [0.5, 0.6) is 0 Å². The van der Waals surface area contributed by atoms with Gasteiger partial charge in [0.15, 0.2) is 0 Å². The Balaban J connectivity index is 1.62. The highest BCUT2D eigenvalue weighted by Crippen LogP contribution is 2.20. The Kier molecular flexibility index (Phi) is 7.16. The average molecular weight is 312 g/mol. The summed E-state index contributed by atoms with van der Waals surface area (Å²) in [6, 6.07) is 0.703. The molecule has 0 aromatic rings. The number of fused-ring (bicyclic) bond motifs is 1. The van der Waals surface area contributed by atoms with Gasteiger partial charge in [0.25, 0.3) is 0 Å². The van der Waals surface area contributed by atoms with Crippen LogP contribution in [0.25, 0.3) is 0 Å². The molecular formula is C17H30NO4+. The molecule has 2 fully saturated rings.